The second-order valence-electron chi connectivity index (χ2n) is 12.1. The summed E-state index contributed by atoms with van der Waals surface area (Å²) in [5.41, 5.74) is 2.13. The van der Waals surface area contributed by atoms with E-state index in [4.69, 9.17) is 19.3 Å². The van der Waals surface area contributed by atoms with Crippen LogP contribution in [-0.4, -0.2) is 114 Å². The molecule has 0 unspecified atom stereocenters. The molecule has 5 rings (SSSR count). The van der Waals surface area contributed by atoms with Gasteiger partial charge in [0.05, 0.1) is 62.4 Å². The average Bonchev–Trinajstić information content (AvgIpc) is 3.21. The molecular weight excluding hydrogens is 696 g/mol. The molecule has 18 heteroatoms. The van der Waals surface area contributed by atoms with Gasteiger partial charge < -0.3 is 45.1 Å². The van der Waals surface area contributed by atoms with Crippen molar-refractivity contribution in [2.24, 2.45) is 5.92 Å². The highest BCUT2D eigenvalue weighted by atomic mass is 32.2. The van der Waals surface area contributed by atoms with Crippen LogP contribution in [0, 0.1) is 5.92 Å². The number of amides is 3. The molecule has 1 fully saturated rings. The number of carboxylic acid groups (broad SMARTS) is 1. The van der Waals surface area contributed by atoms with Crippen LogP contribution in [0.15, 0.2) is 48.7 Å². The van der Waals surface area contributed by atoms with Gasteiger partial charge in [-0.3, -0.25) is 9.59 Å². The van der Waals surface area contributed by atoms with Gasteiger partial charge in [-0.05, 0) is 44.0 Å². The summed E-state index contributed by atoms with van der Waals surface area (Å²) < 4.78 is 44.0. The van der Waals surface area contributed by atoms with Gasteiger partial charge in [0.1, 0.15) is 11.4 Å². The van der Waals surface area contributed by atoms with Crippen molar-refractivity contribution < 1.29 is 42.1 Å². The number of anilines is 6. The van der Waals surface area contributed by atoms with Crippen molar-refractivity contribution in [3.8, 4) is 5.75 Å². The van der Waals surface area contributed by atoms with E-state index in [9.17, 15) is 22.8 Å². The fourth-order valence-corrected chi connectivity index (χ4v) is 6.90. The lowest BCUT2D eigenvalue weighted by Crippen LogP contribution is -2.41. The molecule has 2 aromatic carbocycles. The summed E-state index contributed by atoms with van der Waals surface area (Å²) in [6.07, 6.45) is 2.73. The van der Waals surface area contributed by atoms with Crippen molar-refractivity contribution in [1.29, 1.82) is 0 Å². The first-order valence-corrected chi connectivity index (χ1v) is 18.8. The van der Waals surface area contributed by atoms with Crippen LogP contribution in [0.2, 0.25) is 0 Å². The van der Waals surface area contributed by atoms with Gasteiger partial charge in [0.2, 0.25) is 21.9 Å². The van der Waals surface area contributed by atoms with E-state index in [-0.39, 0.29) is 59.6 Å². The number of fused-ring (bicyclic) bond motifs is 2. The Bertz CT molecular complexity index is 1850. The SMILES string of the molecule is CCOc1cc(N2CCC(C(=O)NCCOCCOCCNC(=O)O)CC2)ccc1Nc1ncc2c(n1)N(S(C)(=O)=O)c1ccccc1C(=O)N2C. The van der Waals surface area contributed by atoms with Gasteiger partial charge in [-0.25, -0.2) is 22.5 Å². The third kappa shape index (κ3) is 9.36. The molecule has 2 aliphatic heterocycles. The Morgan fingerprint density at radius 1 is 0.981 bits per heavy atom. The van der Waals surface area contributed by atoms with Crippen LogP contribution in [0.1, 0.15) is 30.1 Å². The van der Waals surface area contributed by atoms with E-state index in [1.54, 1.807) is 31.3 Å². The van der Waals surface area contributed by atoms with Crippen molar-refractivity contribution in [2.45, 2.75) is 19.8 Å². The zero-order valence-electron chi connectivity index (χ0n) is 29.3. The Morgan fingerprint density at radius 3 is 2.35 bits per heavy atom. The Balaban J connectivity index is 1.19. The molecule has 1 saturated heterocycles. The lowest BCUT2D eigenvalue weighted by atomic mass is 9.95. The number of carbonyl (C=O) groups excluding carboxylic acids is 2. The number of nitrogens with zero attached hydrogens (tertiary/aromatic N) is 5. The minimum Gasteiger partial charge on any atom is -0.492 e. The minimum absolute atomic E-state index is 0.0111. The molecule has 0 spiro atoms. The number of aromatic nitrogens is 2. The van der Waals surface area contributed by atoms with Crippen molar-refractivity contribution in [3.63, 3.8) is 0 Å². The standard InChI is InChI=1S/C34H44N8O9S/c1-4-51-29-21-24(41-15-11-23(12-16-41)31(43)35-13-17-49-19-20-50-18-14-36-34(45)46)9-10-26(29)38-33-37-22-28-30(39-33)42(52(3,47)48)27-8-6-5-7-25(27)32(44)40(28)2/h5-10,21-23,36H,4,11-20H2,1-3H3,(H,35,43)(H,45,46)(H,37,38,39). The van der Waals surface area contributed by atoms with E-state index in [1.165, 1.54) is 11.1 Å². The Hall–Kier alpha value is -5.20. The van der Waals surface area contributed by atoms with Crippen molar-refractivity contribution in [3.05, 3.63) is 54.2 Å². The summed E-state index contributed by atoms with van der Waals surface area (Å²) in [5.74, 6) is 0.163. The quantitative estimate of drug-likeness (QED) is 0.156. The third-order valence-corrected chi connectivity index (χ3v) is 9.51. The van der Waals surface area contributed by atoms with Crippen LogP contribution in [0.5, 0.6) is 5.75 Å². The van der Waals surface area contributed by atoms with E-state index in [0.29, 0.717) is 70.3 Å². The molecule has 52 heavy (non-hydrogen) atoms. The van der Waals surface area contributed by atoms with E-state index < -0.39 is 16.1 Å². The van der Waals surface area contributed by atoms with Crippen LogP contribution in [0.4, 0.5) is 39.3 Å². The van der Waals surface area contributed by atoms with Crippen LogP contribution >= 0.6 is 0 Å². The highest BCUT2D eigenvalue weighted by molar-refractivity contribution is 7.92. The lowest BCUT2D eigenvalue weighted by molar-refractivity contribution is -0.125. The monoisotopic (exact) mass is 740 g/mol. The molecular formula is C34H44N8O9S. The smallest absolute Gasteiger partial charge is 0.404 e. The van der Waals surface area contributed by atoms with Gasteiger partial charge in [0.15, 0.2) is 5.82 Å². The highest BCUT2D eigenvalue weighted by Crippen LogP contribution is 2.41. The normalized spacial score (nSPS) is 14.7. The second kappa shape index (κ2) is 17.3. The predicted molar refractivity (Wildman–Crippen MR) is 195 cm³/mol. The second-order valence-corrected chi connectivity index (χ2v) is 13.9. The number of sulfonamides is 1. The molecule has 0 aliphatic carbocycles. The average molecular weight is 741 g/mol. The van der Waals surface area contributed by atoms with Gasteiger partial charge in [-0.15, -0.1) is 0 Å². The molecule has 3 aromatic rings. The largest absolute Gasteiger partial charge is 0.492 e. The summed E-state index contributed by atoms with van der Waals surface area (Å²) in [7, 11) is -2.37. The number of benzene rings is 2. The zero-order valence-corrected chi connectivity index (χ0v) is 30.1. The number of rotatable bonds is 16. The molecule has 4 N–H and O–H groups in total. The number of nitrogens with one attached hydrogen (secondary N) is 3. The Morgan fingerprint density at radius 2 is 1.67 bits per heavy atom. The first-order valence-electron chi connectivity index (χ1n) is 16.9. The number of hydrogen-bond acceptors (Lipinski definition) is 12. The van der Waals surface area contributed by atoms with E-state index in [1.807, 2.05) is 25.1 Å². The fourth-order valence-electron chi connectivity index (χ4n) is 5.93. The predicted octanol–water partition coefficient (Wildman–Crippen LogP) is 2.94. The molecule has 17 nitrogen and oxygen atoms in total. The molecule has 0 bridgehead atoms. The summed E-state index contributed by atoms with van der Waals surface area (Å²) in [6, 6.07) is 12.2. The Kier molecular flexibility index (Phi) is 12.7. The molecule has 280 valence electrons. The van der Waals surface area contributed by atoms with E-state index >= 15 is 0 Å². The fraction of sp³-hybridized carbons (Fsp3) is 0.441. The Labute approximate surface area is 302 Å². The summed E-state index contributed by atoms with van der Waals surface area (Å²) >= 11 is 0. The topological polar surface area (TPSA) is 205 Å². The number of ether oxygens (including phenoxy) is 3. The van der Waals surface area contributed by atoms with Crippen molar-refractivity contribution in [1.82, 2.24) is 20.6 Å². The van der Waals surface area contributed by atoms with Crippen LogP contribution in [0.3, 0.4) is 0 Å². The van der Waals surface area contributed by atoms with Crippen LogP contribution < -0.4 is 34.8 Å². The zero-order chi connectivity index (χ0) is 37.3. The maximum absolute atomic E-state index is 13.3. The van der Waals surface area contributed by atoms with E-state index in [2.05, 4.69) is 30.8 Å². The maximum Gasteiger partial charge on any atom is 0.404 e. The molecule has 0 radical (unpaired) electrons. The number of hydrogen-bond donors (Lipinski definition) is 4. The van der Waals surface area contributed by atoms with E-state index in [0.717, 1.165) is 16.2 Å². The molecule has 3 heterocycles. The minimum atomic E-state index is -3.91. The van der Waals surface area contributed by atoms with Gasteiger partial charge in [0.25, 0.3) is 5.91 Å². The molecule has 0 saturated carbocycles. The molecule has 0 atom stereocenters. The summed E-state index contributed by atoms with van der Waals surface area (Å²) in [4.78, 5) is 49.0. The van der Waals surface area contributed by atoms with Gasteiger partial charge >= 0.3 is 6.09 Å². The first kappa shape index (κ1) is 38.0. The number of carbonyl (C=O) groups is 3. The van der Waals surface area contributed by atoms with Gasteiger partial charge in [0, 0.05) is 50.9 Å². The third-order valence-electron chi connectivity index (χ3n) is 8.48. The summed E-state index contributed by atoms with van der Waals surface area (Å²) in [5, 5.41) is 16.8. The van der Waals surface area contributed by atoms with Crippen LogP contribution in [-0.2, 0) is 24.3 Å². The molecule has 1 aromatic heterocycles. The van der Waals surface area contributed by atoms with Gasteiger partial charge in [-0.2, -0.15) is 4.98 Å². The summed E-state index contributed by atoms with van der Waals surface area (Å²) in [6.45, 7) is 5.47. The molecule has 2 aliphatic rings. The van der Waals surface area contributed by atoms with Crippen LogP contribution in [0.25, 0.3) is 0 Å². The number of para-hydroxylation sites is 1. The lowest BCUT2D eigenvalue weighted by Gasteiger charge is -2.33. The van der Waals surface area contributed by atoms with Crippen molar-refractivity contribution >= 4 is 62.4 Å². The van der Waals surface area contributed by atoms with Crippen molar-refractivity contribution in [2.75, 3.05) is 91.9 Å². The van der Waals surface area contributed by atoms with Gasteiger partial charge in [-0.1, -0.05) is 12.1 Å². The molecule has 3 amide bonds. The number of piperidine rings is 1. The first-order chi connectivity index (χ1) is 25.0. The maximum atomic E-state index is 13.3. The highest BCUT2D eigenvalue weighted by Gasteiger charge is 2.35.